The van der Waals surface area contributed by atoms with E-state index in [0.717, 1.165) is 31.5 Å². The van der Waals surface area contributed by atoms with Gasteiger partial charge in [-0.15, -0.1) is 0 Å². The van der Waals surface area contributed by atoms with Crippen LogP contribution in [0.5, 0.6) is 0 Å². The second-order valence-corrected chi connectivity index (χ2v) is 6.18. The third-order valence-electron chi connectivity index (χ3n) is 3.91. The van der Waals surface area contributed by atoms with Gasteiger partial charge in [0.1, 0.15) is 6.42 Å². The molecule has 0 atom stereocenters. The van der Waals surface area contributed by atoms with Crippen LogP contribution >= 0.6 is 11.6 Å². The number of nitrogens with one attached hydrogen (secondary N) is 1. The topological polar surface area (TPSA) is 49.4 Å². The maximum atomic E-state index is 12.1. The second kappa shape index (κ2) is 6.94. The summed E-state index contributed by atoms with van der Waals surface area (Å²) in [6.07, 6.45) is 1.93. The number of amides is 2. The van der Waals surface area contributed by atoms with E-state index in [1.165, 1.54) is 0 Å². The van der Waals surface area contributed by atoms with Crippen molar-refractivity contribution in [3.05, 3.63) is 28.8 Å². The molecular formula is C16H21ClN2O2. The van der Waals surface area contributed by atoms with Gasteiger partial charge in [0.05, 0.1) is 0 Å². The van der Waals surface area contributed by atoms with E-state index in [1.807, 2.05) is 6.92 Å². The van der Waals surface area contributed by atoms with Crippen molar-refractivity contribution in [2.75, 3.05) is 18.4 Å². The first-order chi connectivity index (χ1) is 9.95. The minimum atomic E-state index is -0.274. The molecule has 21 heavy (non-hydrogen) atoms. The van der Waals surface area contributed by atoms with E-state index in [9.17, 15) is 9.59 Å². The summed E-state index contributed by atoms with van der Waals surface area (Å²) in [4.78, 5) is 25.8. The molecule has 0 radical (unpaired) electrons. The number of carbonyl (C=O) groups excluding carboxylic acids is 2. The van der Waals surface area contributed by atoms with Crippen LogP contribution in [0, 0.1) is 12.8 Å². The highest BCUT2D eigenvalue weighted by Crippen LogP contribution is 2.20. The minimum absolute atomic E-state index is 0.0917. The van der Waals surface area contributed by atoms with Gasteiger partial charge in [-0.25, -0.2) is 0 Å². The molecular weight excluding hydrogens is 288 g/mol. The molecule has 0 aromatic heterocycles. The molecule has 2 amide bonds. The van der Waals surface area contributed by atoms with Crippen molar-refractivity contribution >= 4 is 29.1 Å². The summed E-state index contributed by atoms with van der Waals surface area (Å²) in [6.45, 7) is 5.58. The average Bonchev–Trinajstić information content (AvgIpc) is 2.42. The van der Waals surface area contributed by atoms with Gasteiger partial charge in [0.25, 0.3) is 0 Å². The van der Waals surface area contributed by atoms with Gasteiger partial charge in [-0.3, -0.25) is 9.59 Å². The van der Waals surface area contributed by atoms with Gasteiger partial charge < -0.3 is 10.2 Å². The monoisotopic (exact) mass is 308 g/mol. The summed E-state index contributed by atoms with van der Waals surface area (Å²) in [5.41, 5.74) is 1.58. The predicted octanol–water partition coefficient (Wildman–Crippen LogP) is 3.24. The number of hydrogen-bond acceptors (Lipinski definition) is 2. The molecule has 2 rings (SSSR count). The highest BCUT2D eigenvalue weighted by molar-refractivity contribution is 6.30. The number of likely N-dealkylation sites (tertiary alicyclic amines) is 1. The lowest BCUT2D eigenvalue weighted by molar-refractivity contribution is -0.135. The Kier molecular flexibility index (Phi) is 5.23. The molecule has 0 unspecified atom stereocenters. The zero-order chi connectivity index (χ0) is 15.4. The molecule has 4 nitrogen and oxygen atoms in total. The first-order valence-corrected chi connectivity index (χ1v) is 7.67. The van der Waals surface area contributed by atoms with Crippen molar-refractivity contribution in [3.63, 3.8) is 0 Å². The average molecular weight is 309 g/mol. The molecule has 114 valence electrons. The molecule has 1 N–H and O–H groups in total. The van der Waals surface area contributed by atoms with Crippen LogP contribution in [0.15, 0.2) is 18.2 Å². The number of nitrogens with zero attached hydrogens (tertiary/aromatic N) is 1. The Morgan fingerprint density at radius 3 is 2.62 bits per heavy atom. The van der Waals surface area contributed by atoms with E-state index in [1.54, 1.807) is 23.1 Å². The first kappa shape index (κ1) is 15.8. The molecule has 1 fully saturated rings. The van der Waals surface area contributed by atoms with Gasteiger partial charge in [-0.05, 0) is 49.4 Å². The molecule has 1 heterocycles. The van der Waals surface area contributed by atoms with Crippen LogP contribution in [0.4, 0.5) is 5.69 Å². The van der Waals surface area contributed by atoms with Crippen LogP contribution in [0.3, 0.4) is 0 Å². The normalized spacial score (nSPS) is 15.9. The number of rotatable bonds is 3. The fourth-order valence-electron chi connectivity index (χ4n) is 2.47. The number of piperidine rings is 1. The van der Waals surface area contributed by atoms with E-state index in [-0.39, 0.29) is 18.2 Å². The second-order valence-electron chi connectivity index (χ2n) is 5.75. The van der Waals surface area contributed by atoms with Gasteiger partial charge in [0.2, 0.25) is 11.8 Å². The van der Waals surface area contributed by atoms with Crippen molar-refractivity contribution in [2.45, 2.75) is 33.1 Å². The van der Waals surface area contributed by atoms with Crippen LogP contribution in [0.2, 0.25) is 5.02 Å². The standard InChI is InChI=1S/C16H21ClN2O2/c1-11-5-7-19(8-6-11)16(21)10-15(20)18-14-4-3-13(17)9-12(14)2/h3-4,9,11H,5-8,10H2,1-2H3,(H,18,20). The van der Waals surface area contributed by atoms with Crippen molar-refractivity contribution in [3.8, 4) is 0 Å². The van der Waals surface area contributed by atoms with Gasteiger partial charge >= 0.3 is 0 Å². The van der Waals surface area contributed by atoms with E-state index >= 15 is 0 Å². The van der Waals surface area contributed by atoms with Crippen molar-refractivity contribution < 1.29 is 9.59 Å². The van der Waals surface area contributed by atoms with Crippen LogP contribution < -0.4 is 5.32 Å². The molecule has 1 aliphatic rings. The van der Waals surface area contributed by atoms with Crippen molar-refractivity contribution in [1.82, 2.24) is 4.90 Å². The predicted molar refractivity (Wildman–Crippen MR) is 84.4 cm³/mol. The summed E-state index contributed by atoms with van der Waals surface area (Å²) < 4.78 is 0. The molecule has 1 aromatic rings. The summed E-state index contributed by atoms with van der Waals surface area (Å²) >= 11 is 5.88. The highest BCUT2D eigenvalue weighted by Gasteiger charge is 2.22. The Morgan fingerprint density at radius 2 is 2.00 bits per heavy atom. The van der Waals surface area contributed by atoms with Gasteiger partial charge in [0, 0.05) is 23.8 Å². The Hall–Kier alpha value is -1.55. The highest BCUT2D eigenvalue weighted by atomic mass is 35.5. The largest absolute Gasteiger partial charge is 0.342 e. The van der Waals surface area contributed by atoms with Crippen LogP contribution in [-0.4, -0.2) is 29.8 Å². The number of anilines is 1. The van der Waals surface area contributed by atoms with Crippen LogP contribution in [0.25, 0.3) is 0 Å². The lowest BCUT2D eigenvalue weighted by Crippen LogP contribution is -2.39. The first-order valence-electron chi connectivity index (χ1n) is 7.29. The molecule has 1 saturated heterocycles. The Morgan fingerprint density at radius 1 is 1.33 bits per heavy atom. The lowest BCUT2D eigenvalue weighted by atomic mass is 9.99. The van der Waals surface area contributed by atoms with Gasteiger partial charge in [0.15, 0.2) is 0 Å². The lowest BCUT2D eigenvalue weighted by Gasteiger charge is -2.30. The number of aryl methyl sites for hydroxylation is 1. The van der Waals surface area contributed by atoms with E-state index in [4.69, 9.17) is 11.6 Å². The summed E-state index contributed by atoms with van der Waals surface area (Å²) in [7, 11) is 0. The maximum Gasteiger partial charge on any atom is 0.233 e. The van der Waals surface area contributed by atoms with Gasteiger partial charge in [-0.2, -0.15) is 0 Å². The SMILES string of the molecule is Cc1cc(Cl)ccc1NC(=O)CC(=O)N1CCC(C)CC1. The van der Waals surface area contributed by atoms with Gasteiger partial charge in [-0.1, -0.05) is 18.5 Å². The fraction of sp³-hybridized carbons (Fsp3) is 0.500. The minimum Gasteiger partial charge on any atom is -0.342 e. The molecule has 1 aliphatic heterocycles. The molecule has 0 aliphatic carbocycles. The number of hydrogen-bond donors (Lipinski definition) is 1. The molecule has 0 spiro atoms. The number of benzene rings is 1. The maximum absolute atomic E-state index is 12.1. The van der Waals surface area contributed by atoms with E-state index in [0.29, 0.717) is 16.6 Å². The third-order valence-corrected chi connectivity index (χ3v) is 4.15. The summed E-state index contributed by atoms with van der Waals surface area (Å²) in [6, 6.07) is 5.26. The molecule has 0 saturated carbocycles. The zero-order valence-electron chi connectivity index (χ0n) is 12.5. The molecule has 5 heteroatoms. The molecule has 1 aromatic carbocycles. The number of carbonyl (C=O) groups is 2. The summed E-state index contributed by atoms with van der Waals surface area (Å²) in [5, 5.41) is 3.40. The summed E-state index contributed by atoms with van der Waals surface area (Å²) in [5.74, 6) is 0.301. The Labute approximate surface area is 130 Å². The Bertz CT molecular complexity index is 537. The molecule has 0 bridgehead atoms. The Balaban J connectivity index is 1.88. The zero-order valence-corrected chi connectivity index (χ0v) is 13.2. The smallest absolute Gasteiger partial charge is 0.233 e. The van der Waals surface area contributed by atoms with E-state index < -0.39 is 0 Å². The number of halogens is 1. The third kappa shape index (κ3) is 4.46. The fourth-order valence-corrected chi connectivity index (χ4v) is 2.70. The quantitative estimate of drug-likeness (QED) is 0.872. The van der Waals surface area contributed by atoms with Crippen LogP contribution in [-0.2, 0) is 9.59 Å². The van der Waals surface area contributed by atoms with Crippen LogP contribution in [0.1, 0.15) is 31.7 Å². The van der Waals surface area contributed by atoms with Crippen molar-refractivity contribution in [1.29, 1.82) is 0 Å². The van der Waals surface area contributed by atoms with Crippen molar-refractivity contribution in [2.24, 2.45) is 5.92 Å². The van der Waals surface area contributed by atoms with E-state index in [2.05, 4.69) is 12.2 Å².